The van der Waals surface area contributed by atoms with Crippen LogP contribution in [0.4, 0.5) is 34.1 Å². The number of para-hydroxylation sites is 3. The highest BCUT2D eigenvalue weighted by Gasteiger charge is 2.49. The zero-order valence-corrected chi connectivity index (χ0v) is 79.1. The second kappa shape index (κ2) is 36.5. The number of aryl methyl sites for hydroxylation is 2. The highest BCUT2D eigenvalue weighted by atomic mass is 27.3. The number of hydrogen-bond donors (Lipinski definition) is 0. The number of nitrogens with zero attached hydrogens (tertiary/aromatic N) is 7. The fourth-order valence-electron chi connectivity index (χ4n) is 22.2. The molecule has 0 saturated heterocycles. The van der Waals surface area contributed by atoms with E-state index in [0.29, 0.717) is 17.2 Å². The minimum Gasteiger partial charge on any atom is -0.576 e. The van der Waals surface area contributed by atoms with E-state index in [0.717, 1.165) is 88.6 Å². The standard InChI is InChI=1S/C80H56N2.C24H16N2.3C9H7NO.Al/c1-53-21-17-29-61(49-53)81(63-31-19-27-59(51-63)79(57-23-5-3-6-24-57)71-37-13-9-33-65(71)66-34-10-14-38-72(66)79)75-47-43-55-42-46-70-76(48-44-56-41-45-69(75)77(55)78(56)70)82(62-30-18-22-54(2)50-62)64-32-20-28-60(52-64)80(58-25-7-4-8-26-58)73-39-15-11-35-67(73)68-36-12-16-40-74(68)80;1-3-7-17(8-4-1)19-13-15-25-23-21(19)11-12-22-20(14-16-26-24(22)23)18-9-5-2-6-10-18;3*11-8-5-1-3-7-4-2-6-10-9(7)8;/h3-52H,1-2H3;1-16H;3*1-6,11H;/q;;;;;+3/p-3. The minimum absolute atomic E-state index is 0.543. The number of benzene rings is 20. The first-order chi connectivity index (χ1) is 70.3. The second-order valence-corrected chi connectivity index (χ2v) is 37.7. The normalized spacial score (nSPS) is 12.4. The molecule has 0 saturated carbocycles. The zero-order valence-electron chi connectivity index (χ0n) is 77.9. The van der Waals surface area contributed by atoms with Gasteiger partial charge in [-0.15, -0.1) is 0 Å². The van der Waals surface area contributed by atoms with Crippen molar-refractivity contribution in [3.8, 4) is 61.8 Å². The van der Waals surface area contributed by atoms with E-state index >= 15 is 0 Å². The third kappa shape index (κ3) is 14.9. The monoisotopic (exact) mass is 1840 g/mol. The lowest BCUT2D eigenvalue weighted by atomic mass is 9.67. The lowest BCUT2D eigenvalue weighted by molar-refractivity contribution is 0.311. The molecule has 0 spiro atoms. The predicted molar refractivity (Wildman–Crippen MR) is 584 cm³/mol. The maximum absolute atomic E-state index is 6.41. The molecule has 0 fully saturated rings. The Hall–Kier alpha value is -18.0. The zero-order chi connectivity index (χ0) is 94.6. The highest BCUT2D eigenvalue weighted by Crippen LogP contribution is 2.60. The summed E-state index contributed by atoms with van der Waals surface area (Å²) in [6.07, 6.45) is 8.99. The van der Waals surface area contributed by atoms with Crippen LogP contribution in [0.15, 0.2) is 510 Å². The molecule has 20 aromatic carbocycles. The number of pyridine rings is 5. The first kappa shape index (κ1) is 85.7. The smallest absolute Gasteiger partial charge is 0.576 e. The maximum atomic E-state index is 6.41. The van der Waals surface area contributed by atoms with Crippen molar-refractivity contribution in [1.82, 2.24) is 24.9 Å². The minimum atomic E-state index is -2.86. The molecule has 0 aliphatic heterocycles. The van der Waals surface area contributed by atoms with Gasteiger partial charge in [0.2, 0.25) is 0 Å². The van der Waals surface area contributed by atoms with Gasteiger partial charge in [-0.2, -0.15) is 0 Å². The summed E-state index contributed by atoms with van der Waals surface area (Å²) in [5, 5.41) is 12.5. The molecule has 670 valence electrons. The summed E-state index contributed by atoms with van der Waals surface area (Å²) in [5.41, 5.74) is 32.2. The van der Waals surface area contributed by atoms with Crippen LogP contribution in [0.1, 0.15) is 55.6 Å². The summed E-state index contributed by atoms with van der Waals surface area (Å²) in [6, 6.07) is 172. The van der Waals surface area contributed by atoms with Crippen molar-refractivity contribution in [3.63, 3.8) is 0 Å². The molecule has 11 heteroatoms. The van der Waals surface area contributed by atoms with Crippen molar-refractivity contribution in [1.29, 1.82) is 0 Å². The Morgan fingerprint density at radius 2 is 0.507 bits per heavy atom. The maximum Gasteiger partial charge on any atom is 1.20 e. The molecule has 25 aromatic rings. The Kier molecular flexibility index (Phi) is 22.0. The molecule has 2 aliphatic carbocycles. The van der Waals surface area contributed by atoms with E-state index in [9.17, 15) is 0 Å². The van der Waals surface area contributed by atoms with Gasteiger partial charge >= 0.3 is 15.1 Å². The van der Waals surface area contributed by atoms with E-state index in [4.69, 9.17) is 11.4 Å². The molecule has 5 heterocycles. The fourth-order valence-corrected chi connectivity index (χ4v) is 23.5. The van der Waals surface area contributed by atoms with Crippen molar-refractivity contribution >= 4 is 136 Å². The summed E-state index contributed by atoms with van der Waals surface area (Å²) in [7, 11) is 0. The SMILES string of the molecule is Cc1cccc(N(c2cccc(C3(c4ccccc4)c4ccccc4-c4ccccc43)c2)c2ccc3ccc4c(N(c5cccc(C)c5)c5cccc(C6(c7ccccc7)c7ccccc7-c7ccccc76)c5)ccc5ccc2c3c54)c1.c1ccc(-c2ccnc3c2ccc2c(-c4ccccc4)ccnc23)cc1.c1cnc2c([O][Al]([O]c3cccc4cccnc34)[O]c3cccc4cccnc34)cccc2c1. The van der Waals surface area contributed by atoms with Gasteiger partial charge in [0.25, 0.3) is 0 Å². The van der Waals surface area contributed by atoms with Gasteiger partial charge in [-0.05, 0) is 245 Å². The van der Waals surface area contributed by atoms with Gasteiger partial charge in [-0.1, -0.05) is 370 Å². The van der Waals surface area contributed by atoms with Crippen LogP contribution in [0.25, 0.3) is 131 Å². The summed E-state index contributed by atoms with van der Waals surface area (Å²) >= 11 is -2.86. The summed E-state index contributed by atoms with van der Waals surface area (Å²) in [5.74, 6) is 1.82. The topological polar surface area (TPSA) is 98.6 Å². The molecule has 0 amide bonds. The molecule has 2 aliphatic rings. The van der Waals surface area contributed by atoms with Gasteiger partial charge < -0.3 is 21.2 Å². The van der Waals surface area contributed by atoms with Crippen LogP contribution in [0.2, 0.25) is 0 Å². The van der Waals surface area contributed by atoms with Crippen LogP contribution in [-0.2, 0) is 10.8 Å². The summed E-state index contributed by atoms with van der Waals surface area (Å²) < 4.78 is 19.2. The van der Waals surface area contributed by atoms with Crippen molar-refractivity contribution < 1.29 is 11.4 Å². The summed E-state index contributed by atoms with van der Waals surface area (Å²) in [4.78, 5) is 27.9. The van der Waals surface area contributed by atoms with Crippen molar-refractivity contribution in [2.24, 2.45) is 0 Å². The first-order valence-electron chi connectivity index (χ1n) is 48.2. The number of rotatable bonds is 18. The number of anilines is 6. The van der Waals surface area contributed by atoms with Gasteiger partial charge in [-0.3, -0.25) is 24.9 Å². The molecule has 0 radical (unpaired) electrons. The van der Waals surface area contributed by atoms with Gasteiger partial charge in [-0.25, -0.2) is 0 Å². The molecular formula is C131H90AlN7O3. The van der Waals surface area contributed by atoms with Crippen LogP contribution >= 0.6 is 0 Å². The van der Waals surface area contributed by atoms with E-state index in [1.165, 1.54) is 132 Å². The quantitative estimate of drug-likeness (QED) is 0.0610. The fraction of sp³-hybridized carbons (Fsp3) is 0.0305. The Morgan fingerprint density at radius 1 is 0.211 bits per heavy atom. The van der Waals surface area contributed by atoms with Crippen LogP contribution < -0.4 is 21.2 Å². The van der Waals surface area contributed by atoms with Gasteiger partial charge in [0.15, 0.2) is 0 Å². The average molecular weight is 1840 g/mol. The molecule has 10 nitrogen and oxygen atoms in total. The lowest BCUT2D eigenvalue weighted by Crippen LogP contribution is -2.37. The molecular weight excluding hydrogens is 1750 g/mol. The molecule has 0 unspecified atom stereocenters. The van der Waals surface area contributed by atoms with E-state index in [1.54, 1.807) is 18.6 Å². The first-order valence-corrected chi connectivity index (χ1v) is 49.6. The Balaban J connectivity index is 0.000000143. The van der Waals surface area contributed by atoms with E-state index in [2.05, 4.69) is 425 Å². The van der Waals surface area contributed by atoms with Gasteiger partial charge in [0.05, 0.1) is 33.2 Å². The van der Waals surface area contributed by atoms with Crippen LogP contribution in [-0.4, -0.2) is 40.1 Å². The third-order valence-electron chi connectivity index (χ3n) is 28.3. The number of fused-ring (bicyclic) bond motifs is 12. The second-order valence-electron chi connectivity index (χ2n) is 36.4. The Morgan fingerprint density at radius 3 is 0.873 bits per heavy atom. The number of hydrogen-bond acceptors (Lipinski definition) is 10. The van der Waals surface area contributed by atoms with Crippen molar-refractivity contribution in [2.75, 3.05) is 9.80 Å². The molecule has 0 bridgehead atoms. The van der Waals surface area contributed by atoms with E-state index < -0.39 is 26.0 Å². The average Bonchev–Trinajstić information content (AvgIpc) is 1.47. The van der Waals surface area contributed by atoms with Crippen LogP contribution in [0.3, 0.4) is 0 Å². The van der Waals surface area contributed by atoms with Gasteiger partial charge in [0, 0.05) is 91.4 Å². The molecule has 27 rings (SSSR count). The largest absolute Gasteiger partial charge is 1.20 e. The molecule has 142 heavy (non-hydrogen) atoms. The number of aromatic nitrogens is 5. The molecule has 0 N–H and O–H groups in total. The lowest BCUT2D eigenvalue weighted by Gasteiger charge is -2.35. The predicted octanol–water partition coefficient (Wildman–Crippen LogP) is 32.8. The summed E-state index contributed by atoms with van der Waals surface area (Å²) in [6.45, 7) is 4.40. The Bertz CT molecular complexity index is 8420. The van der Waals surface area contributed by atoms with Crippen LogP contribution in [0.5, 0.6) is 17.2 Å². The van der Waals surface area contributed by atoms with Crippen LogP contribution in [0, 0.1) is 13.8 Å². The third-order valence-corrected chi connectivity index (χ3v) is 29.6. The Labute approximate surface area is 828 Å². The highest BCUT2D eigenvalue weighted by molar-refractivity contribution is 6.40. The van der Waals surface area contributed by atoms with E-state index in [-0.39, 0.29) is 0 Å². The van der Waals surface area contributed by atoms with Crippen molar-refractivity contribution in [2.45, 2.75) is 24.7 Å². The molecule has 5 aromatic heterocycles. The van der Waals surface area contributed by atoms with Crippen molar-refractivity contribution in [3.05, 3.63) is 566 Å². The molecule has 0 atom stereocenters. The van der Waals surface area contributed by atoms with E-state index in [1.807, 2.05) is 116 Å². The van der Waals surface area contributed by atoms with Gasteiger partial charge in [0.1, 0.15) is 33.8 Å².